The lowest BCUT2D eigenvalue weighted by Crippen LogP contribution is -2.23. The average molecular weight is 599 g/mol. The molecule has 0 spiro atoms. The Morgan fingerprint density at radius 3 is 2.49 bits per heavy atom. The van der Waals surface area contributed by atoms with Gasteiger partial charge in [-0.3, -0.25) is 4.79 Å². The molecule has 0 amide bonds. The number of halogens is 2. The number of hydrogen-bond acceptors (Lipinski definition) is 6. The summed E-state index contributed by atoms with van der Waals surface area (Å²) >= 11 is 6.92. The highest BCUT2D eigenvalue weighted by atomic mass is 79.9. The van der Waals surface area contributed by atoms with Gasteiger partial charge >= 0.3 is 5.97 Å². The van der Waals surface area contributed by atoms with Crippen LogP contribution in [0.5, 0.6) is 11.5 Å². The normalized spacial score (nSPS) is 11.4. The first-order valence-electron chi connectivity index (χ1n) is 10.7. The van der Waals surface area contributed by atoms with Gasteiger partial charge in [0.05, 0.1) is 34.3 Å². The minimum Gasteiger partial charge on any atom is -0.497 e. The number of carbonyl (C=O) groups is 1. The van der Waals surface area contributed by atoms with Gasteiger partial charge < -0.3 is 9.47 Å². The molecule has 0 saturated carbocycles. The fraction of sp³-hybridized carbons (Fsp3) is 0.154. The maximum absolute atomic E-state index is 13.2. The molecule has 0 radical (unpaired) electrons. The molecule has 0 aliphatic heterocycles. The van der Waals surface area contributed by atoms with Crippen LogP contribution in [0.25, 0.3) is 10.9 Å². The summed E-state index contributed by atoms with van der Waals surface area (Å²) in [6.45, 7) is 3.89. The summed E-state index contributed by atoms with van der Waals surface area (Å²) in [7, 11) is 1.55. The Hall–Kier alpha value is -3.30. The zero-order chi connectivity index (χ0) is 25.1. The number of carbonyl (C=O) groups excluding carboxylic acids is 1. The van der Waals surface area contributed by atoms with Crippen LogP contribution >= 0.6 is 31.9 Å². The lowest BCUT2D eigenvalue weighted by atomic mass is 10.2. The molecule has 0 bridgehead atoms. The summed E-state index contributed by atoms with van der Waals surface area (Å²) in [5, 5.41) is 4.93. The highest BCUT2D eigenvalue weighted by molar-refractivity contribution is 9.11. The monoisotopic (exact) mass is 597 g/mol. The lowest BCUT2D eigenvalue weighted by Gasteiger charge is -2.13. The molecule has 9 heteroatoms. The Morgan fingerprint density at radius 1 is 1.09 bits per heavy atom. The first-order chi connectivity index (χ1) is 16.8. The molecule has 0 aliphatic carbocycles. The van der Waals surface area contributed by atoms with Gasteiger partial charge in [-0.25, -0.2) is 9.78 Å². The van der Waals surface area contributed by atoms with Crippen molar-refractivity contribution in [2.45, 2.75) is 19.8 Å². The summed E-state index contributed by atoms with van der Waals surface area (Å²) in [5.41, 5.74) is 1.19. The van der Waals surface area contributed by atoms with Crippen molar-refractivity contribution in [3.63, 3.8) is 0 Å². The average Bonchev–Trinajstić information content (AvgIpc) is 2.85. The summed E-state index contributed by atoms with van der Waals surface area (Å²) in [4.78, 5) is 30.7. The van der Waals surface area contributed by atoms with Crippen LogP contribution in [0.3, 0.4) is 0 Å². The first-order valence-corrected chi connectivity index (χ1v) is 12.3. The van der Waals surface area contributed by atoms with Gasteiger partial charge in [-0.1, -0.05) is 41.9 Å². The number of nitrogens with zero attached hydrogens (tertiary/aromatic N) is 3. The number of benzene rings is 3. The predicted molar refractivity (Wildman–Crippen MR) is 143 cm³/mol. The van der Waals surface area contributed by atoms with Gasteiger partial charge in [0.1, 0.15) is 11.6 Å². The number of fused-ring (bicyclic) bond motifs is 1. The van der Waals surface area contributed by atoms with Gasteiger partial charge in [-0.05, 0) is 64.5 Å². The molecule has 4 aromatic rings. The molecule has 1 heterocycles. The van der Waals surface area contributed by atoms with Crippen LogP contribution in [0, 0.1) is 0 Å². The van der Waals surface area contributed by atoms with Crippen molar-refractivity contribution < 1.29 is 14.3 Å². The third-order valence-corrected chi connectivity index (χ3v) is 6.21. The number of para-hydroxylation sites is 1. The number of esters is 1. The number of rotatable bonds is 6. The molecule has 0 aliphatic rings. The molecule has 178 valence electrons. The second kappa shape index (κ2) is 10.5. The molecule has 0 fully saturated rings. The van der Waals surface area contributed by atoms with Crippen molar-refractivity contribution in [3.8, 4) is 11.5 Å². The van der Waals surface area contributed by atoms with Crippen molar-refractivity contribution in [1.82, 2.24) is 9.66 Å². The van der Waals surface area contributed by atoms with Crippen LogP contribution in [0.4, 0.5) is 0 Å². The first kappa shape index (κ1) is 24.8. The largest absolute Gasteiger partial charge is 0.497 e. The maximum Gasteiger partial charge on any atom is 0.343 e. The highest BCUT2D eigenvalue weighted by Crippen LogP contribution is 2.33. The third-order valence-electron chi connectivity index (χ3n) is 5.17. The van der Waals surface area contributed by atoms with Crippen molar-refractivity contribution in [3.05, 3.63) is 96.9 Å². The number of ether oxygens (including phenoxy) is 2. The zero-order valence-electron chi connectivity index (χ0n) is 19.2. The topological polar surface area (TPSA) is 82.8 Å². The smallest absolute Gasteiger partial charge is 0.343 e. The minimum absolute atomic E-state index is 0.0499. The van der Waals surface area contributed by atoms with Gasteiger partial charge in [0, 0.05) is 16.0 Å². The van der Waals surface area contributed by atoms with Gasteiger partial charge in [-0.2, -0.15) is 9.78 Å². The van der Waals surface area contributed by atoms with E-state index in [1.165, 1.54) is 10.9 Å². The molecule has 35 heavy (non-hydrogen) atoms. The molecule has 0 atom stereocenters. The quantitative estimate of drug-likeness (QED) is 0.151. The van der Waals surface area contributed by atoms with E-state index in [0.717, 1.165) is 4.47 Å². The summed E-state index contributed by atoms with van der Waals surface area (Å²) < 4.78 is 13.4. The minimum atomic E-state index is -0.544. The molecular weight excluding hydrogens is 578 g/mol. The molecule has 7 nitrogen and oxygen atoms in total. The van der Waals surface area contributed by atoms with E-state index in [4.69, 9.17) is 9.47 Å². The fourth-order valence-electron chi connectivity index (χ4n) is 3.41. The summed E-state index contributed by atoms with van der Waals surface area (Å²) in [5.74, 6) is 0.833. The van der Waals surface area contributed by atoms with Gasteiger partial charge in [0.25, 0.3) is 5.56 Å². The summed E-state index contributed by atoms with van der Waals surface area (Å²) in [6.07, 6.45) is 1.48. The van der Waals surface area contributed by atoms with Crippen LogP contribution in [-0.2, 0) is 0 Å². The van der Waals surface area contributed by atoms with E-state index < -0.39 is 5.97 Å². The number of methoxy groups -OCH3 is 1. The fourth-order valence-corrected chi connectivity index (χ4v) is 4.75. The van der Waals surface area contributed by atoms with Gasteiger partial charge in [0.2, 0.25) is 0 Å². The van der Waals surface area contributed by atoms with Crippen molar-refractivity contribution >= 4 is 54.9 Å². The lowest BCUT2D eigenvalue weighted by molar-refractivity contribution is 0.0733. The Labute approximate surface area is 218 Å². The Kier molecular flexibility index (Phi) is 7.47. The van der Waals surface area contributed by atoms with Crippen LogP contribution in [0.1, 0.15) is 41.5 Å². The van der Waals surface area contributed by atoms with E-state index >= 15 is 0 Å². The third kappa shape index (κ3) is 5.36. The zero-order valence-corrected chi connectivity index (χ0v) is 22.3. The van der Waals surface area contributed by atoms with Crippen LogP contribution in [0.15, 0.2) is 79.5 Å². The van der Waals surface area contributed by atoms with E-state index in [0.29, 0.717) is 38.1 Å². The van der Waals surface area contributed by atoms with Crippen LogP contribution in [-0.4, -0.2) is 29.0 Å². The van der Waals surface area contributed by atoms with Crippen molar-refractivity contribution in [2.24, 2.45) is 5.10 Å². The second-order valence-corrected chi connectivity index (χ2v) is 9.70. The van der Waals surface area contributed by atoms with E-state index in [1.54, 1.807) is 61.7 Å². The molecule has 0 saturated heterocycles. The van der Waals surface area contributed by atoms with E-state index in [-0.39, 0.29) is 17.2 Å². The number of aromatic nitrogens is 2. The molecule has 0 N–H and O–H groups in total. The number of hydrogen-bond donors (Lipinski definition) is 0. The SMILES string of the molecule is COc1ccc(C(=O)Oc2c(Br)cc(Br)cc2C=Nn2c(C(C)C)nc3ccccc3c2=O)cc1. The highest BCUT2D eigenvalue weighted by Gasteiger charge is 2.17. The summed E-state index contributed by atoms with van der Waals surface area (Å²) in [6, 6.07) is 17.3. The van der Waals surface area contributed by atoms with Gasteiger partial charge in [0.15, 0.2) is 5.75 Å². The Bertz CT molecular complexity index is 1500. The van der Waals surface area contributed by atoms with E-state index in [2.05, 4.69) is 41.9 Å². The van der Waals surface area contributed by atoms with Crippen molar-refractivity contribution in [2.75, 3.05) is 7.11 Å². The Morgan fingerprint density at radius 2 is 1.80 bits per heavy atom. The maximum atomic E-state index is 13.2. The van der Waals surface area contributed by atoms with E-state index in [9.17, 15) is 9.59 Å². The Balaban J connectivity index is 1.76. The molecule has 0 unspecified atom stereocenters. The second-order valence-electron chi connectivity index (χ2n) is 7.93. The molecule has 4 rings (SSSR count). The molecule has 1 aromatic heterocycles. The van der Waals surface area contributed by atoms with Crippen LogP contribution in [0.2, 0.25) is 0 Å². The van der Waals surface area contributed by atoms with Gasteiger partial charge in [-0.15, -0.1) is 0 Å². The predicted octanol–water partition coefficient (Wildman–Crippen LogP) is 6.15. The van der Waals surface area contributed by atoms with Crippen molar-refractivity contribution in [1.29, 1.82) is 0 Å². The molecule has 3 aromatic carbocycles. The van der Waals surface area contributed by atoms with E-state index in [1.807, 2.05) is 19.9 Å². The van der Waals surface area contributed by atoms with Crippen LogP contribution < -0.4 is 15.0 Å². The molecular formula is C26H21Br2N3O4. The standard InChI is InChI=1S/C26H21Br2N3O4/c1-15(2)24-30-22-7-5-4-6-20(22)25(32)31(24)29-14-17-12-18(27)13-21(28)23(17)35-26(33)16-8-10-19(34-3)11-9-16/h4-15H,1-3H3.